The number of nitrogens with one attached hydrogen (secondary N) is 1. The molecule has 0 aromatic carbocycles. The largest absolute Gasteiger partial charge is 0.394 e. The van der Waals surface area contributed by atoms with Crippen LogP contribution in [0.25, 0.3) is 0 Å². The van der Waals surface area contributed by atoms with Crippen molar-refractivity contribution in [3.05, 3.63) is 0 Å². The Kier molecular flexibility index (Phi) is 4.31. The van der Waals surface area contributed by atoms with Crippen LogP contribution in [0.2, 0.25) is 0 Å². The maximum atomic E-state index is 11.8. The van der Waals surface area contributed by atoms with Crippen LogP contribution < -0.4 is 5.32 Å². The van der Waals surface area contributed by atoms with Gasteiger partial charge in [-0.1, -0.05) is 6.42 Å². The van der Waals surface area contributed by atoms with Gasteiger partial charge in [-0.25, -0.2) is 8.42 Å². The standard InChI is InChI=1S/C12H23NO4S/c1-18(15,16)11-5-2-6-12(11,9-14)13-8-10-4-3-7-17-10/h10-11,13-14H,2-9H2,1H3. The molecule has 106 valence electrons. The molecule has 5 nitrogen and oxygen atoms in total. The minimum absolute atomic E-state index is 0.128. The van der Waals surface area contributed by atoms with Crippen LogP contribution in [0.4, 0.5) is 0 Å². The molecule has 1 aliphatic heterocycles. The second kappa shape index (κ2) is 5.45. The number of aliphatic hydroxyl groups excluding tert-OH is 1. The molecule has 18 heavy (non-hydrogen) atoms. The van der Waals surface area contributed by atoms with Crippen molar-refractivity contribution < 1.29 is 18.3 Å². The van der Waals surface area contributed by atoms with E-state index < -0.39 is 20.6 Å². The second-order valence-electron chi connectivity index (χ2n) is 5.54. The van der Waals surface area contributed by atoms with Crippen LogP contribution in [-0.4, -0.2) is 56.4 Å². The van der Waals surface area contributed by atoms with E-state index in [1.807, 2.05) is 0 Å². The van der Waals surface area contributed by atoms with Crippen molar-refractivity contribution in [1.29, 1.82) is 0 Å². The highest BCUT2D eigenvalue weighted by atomic mass is 32.2. The molecular weight excluding hydrogens is 254 g/mol. The van der Waals surface area contributed by atoms with E-state index in [0.717, 1.165) is 25.9 Å². The van der Waals surface area contributed by atoms with Gasteiger partial charge in [0.2, 0.25) is 0 Å². The van der Waals surface area contributed by atoms with E-state index in [1.165, 1.54) is 6.26 Å². The van der Waals surface area contributed by atoms with Gasteiger partial charge >= 0.3 is 0 Å². The summed E-state index contributed by atoms with van der Waals surface area (Å²) in [7, 11) is -3.13. The van der Waals surface area contributed by atoms with E-state index in [9.17, 15) is 13.5 Å². The van der Waals surface area contributed by atoms with E-state index in [-0.39, 0.29) is 12.7 Å². The van der Waals surface area contributed by atoms with Crippen molar-refractivity contribution >= 4 is 9.84 Å². The van der Waals surface area contributed by atoms with Crippen LogP contribution in [0.3, 0.4) is 0 Å². The Hall–Kier alpha value is -0.170. The SMILES string of the molecule is CS(=O)(=O)C1CCCC1(CO)NCC1CCCO1. The van der Waals surface area contributed by atoms with E-state index in [1.54, 1.807) is 0 Å². The van der Waals surface area contributed by atoms with E-state index in [4.69, 9.17) is 4.74 Å². The van der Waals surface area contributed by atoms with Crippen LogP contribution >= 0.6 is 0 Å². The summed E-state index contributed by atoms with van der Waals surface area (Å²) < 4.78 is 29.2. The minimum Gasteiger partial charge on any atom is -0.394 e. The van der Waals surface area contributed by atoms with E-state index >= 15 is 0 Å². The third-order valence-electron chi connectivity index (χ3n) is 4.21. The number of hydrogen-bond acceptors (Lipinski definition) is 5. The van der Waals surface area contributed by atoms with Crippen LogP contribution in [0, 0.1) is 0 Å². The molecule has 0 aromatic rings. The first kappa shape index (κ1) is 14.2. The number of aliphatic hydroxyl groups is 1. The highest BCUT2D eigenvalue weighted by Gasteiger charge is 2.47. The topological polar surface area (TPSA) is 75.6 Å². The van der Waals surface area contributed by atoms with Crippen LogP contribution in [0.15, 0.2) is 0 Å². The number of hydrogen-bond donors (Lipinski definition) is 2. The van der Waals surface area contributed by atoms with Gasteiger partial charge in [-0.05, 0) is 25.7 Å². The Balaban J connectivity index is 2.04. The number of rotatable bonds is 5. The summed E-state index contributed by atoms with van der Waals surface area (Å²) >= 11 is 0. The molecule has 1 aliphatic carbocycles. The first-order valence-electron chi connectivity index (χ1n) is 6.64. The lowest BCUT2D eigenvalue weighted by Gasteiger charge is -2.34. The Morgan fingerprint density at radius 2 is 2.17 bits per heavy atom. The van der Waals surface area contributed by atoms with Crippen LogP contribution in [-0.2, 0) is 14.6 Å². The lowest BCUT2D eigenvalue weighted by atomic mass is 9.98. The highest BCUT2D eigenvalue weighted by molar-refractivity contribution is 7.91. The van der Waals surface area contributed by atoms with E-state index in [0.29, 0.717) is 19.4 Å². The van der Waals surface area contributed by atoms with Gasteiger partial charge in [0.05, 0.1) is 23.5 Å². The van der Waals surface area contributed by atoms with Crippen LogP contribution in [0.5, 0.6) is 0 Å². The molecule has 1 saturated heterocycles. The van der Waals surface area contributed by atoms with Crippen molar-refractivity contribution in [3.63, 3.8) is 0 Å². The average molecular weight is 277 g/mol. The monoisotopic (exact) mass is 277 g/mol. The summed E-state index contributed by atoms with van der Waals surface area (Å²) in [4.78, 5) is 0. The zero-order valence-corrected chi connectivity index (χ0v) is 11.7. The summed E-state index contributed by atoms with van der Waals surface area (Å²) in [6.07, 6.45) is 5.70. The molecule has 2 aliphatic rings. The summed E-state index contributed by atoms with van der Waals surface area (Å²) in [5.41, 5.74) is -0.667. The zero-order chi connectivity index (χ0) is 13.2. The average Bonchev–Trinajstić information content (AvgIpc) is 2.95. The number of ether oxygens (including phenoxy) is 1. The van der Waals surface area contributed by atoms with Gasteiger partial charge < -0.3 is 15.2 Å². The van der Waals surface area contributed by atoms with Gasteiger partial charge in [0.1, 0.15) is 0 Å². The molecule has 0 bridgehead atoms. The molecule has 1 saturated carbocycles. The van der Waals surface area contributed by atoms with Crippen molar-refractivity contribution in [1.82, 2.24) is 5.32 Å². The maximum Gasteiger partial charge on any atom is 0.152 e. The molecule has 2 rings (SSSR count). The first-order chi connectivity index (χ1) is 8.48. The fourth-order valence-electron chi connectivity index (χ4n) is 3.23. The molecule has 0 spiro atoms. The summed E-state index contributed by atoms with van der Waals surface area (Å²) in [5.74, 6) is 0. The first-order valence-corrected chi connectivity index (χ1v) is 8.60. The fourth-order valence-corrected chi connectivity index (χ4v) is 4.92. The lowest BCUT2D eigenvalue weighted by Crippen LogP contribution is -2.58. The highest BCUT2D eigenvalue weighted by Crippen LogP contribution is 2.34. The molecule has 3 atom stereocenters. The van der Waals surface area contributed by atoms with E-state index in [2.05, 4.69) is 5.32 Å². The molecular formula is C12H23NO4S. The maximum absolute atomic E-state index is 11.8. The smallest absolute Gasteiger partial charge is 0.152 e. The molecule has 3 unspecified atom stereocenters. The Morgan fingerprint density at radius 3 is 2.72 bits per heavy atom. The normalized spacial score (nSPS) is 37.2. The molecule has 0 radical (unpaired) electrons. The zero-order valence-electron chi connectivity index (χ0n) is 10.9. The van der Waals surface area contributed by atoms with Crippen molar-refractivity contribution in [2.24, 2.45) is 0 Å². The molecule has 0 amide bonds. The third kappa shape index (κ3) is 2.87. The molecule has 0 aromatic heterocycles. The summed E-state index contributed by atoms with van der Waals surface area (Å²) in [5, 5.41) is 12.5. The van der Waals surface area contributed by atoms with Crippen molar-refractivity contribution in [2.45, 2.75) is 49.0 Å². The molecule has 2 fully saturated rings. The Labute approximate surface area is 109 Å². The lowest BCUT2D eigenvalue weighted by molar-refractivity contribution is 0.0894. The van der Waals surface area contributed by atoms with Crippen molar-refractivity contribution in [3.8, 4) is 0 Å². The predicted molar refractivity (Wildman–Crippen MR) is 69.3 cm³/mol. The summed E-state index contributed by atoms with van der Waals surface area (Å²) in [6, 6.07) is 0. The van der Waals surface area contributed by atoms with Crippen molar-refractivity contribution in [2.75, 3.05) is 26.0 Å². The quantitative estimate of drug-likeness (QED) is 0.744. The summed E-state index contributed by atoms with van der Waals surface area (Å²) in [6.45, 7) is 1.29. The third-order valence-corrected chi connectivity index (χ3v) is 5.93. The Morgan fingerprint density at radius 1 is 1.39 bits per heavy atom. The van der Waals surface area contributed by atoms with Gasteiger partial charge in [0, 0.05) is 19.4 Å². The second-order valence-corrected chi connectivity index (χ2v) is 7.77. The van der Waals surface area contributed by atoms with Gasteiger partial charge in [-0.15, -0.1) is 0 Å². The number of sulfone groups is 1. The Bertz CT molecular complexity index is 378. The van der Waals surface area contributed by atoms with Gasteiger partial charge in [0.15, 0.2) is 9.84 Å². The molecule has 6 heteroatoms. The van der Waals surface area contributed by atoms with Crippen LogP contribution in [0.1, 0.15) is 32.1 Å². The molecule has 1 heterocycles. The van der Waals surface area contributed by atoms with Gasteiger partial charge in [-0.3, -0.25) is 0 Å². The minimum atomic E-state index is -3.13. The predicted octanol–water partition coefficient (Wildman–Crippen LogP) is 0.0832. The fraction of sp³-hybridized carbons (Fsp3) is 1.00. The molecule has 2 N–H and O–H groups in total. The van der Waals surface area contributed by atoms with Gasteiger partial charge in [-0.2, -0.15) is 0 Å². The van der Waals surface area contributed by atoms with Gasteiger partial charge in [0.25, 0.3) is 0 Å².